The summed E-state index contributed by atoms with van der Waals surface area (Å²) in [6.45, 7) is 4.60. The first-order valence-corrected chi connectivity index (χ1v) is 9.99. The fraction of sp³-hybridized carbons (Fsp3) is 0.474. The van der Waals surface area contributed by atoms with Crippen molar-refractivity contribution >= 4 is 22.2 Å². The topological polar surface area (TPSA) is 75.4 Å². The summed E-state index contributed by atoms with van der Waals surface area (Å²) < 4.78 is 1.72. The van der Waals surface area contributed by atoms with Gasteiger partial charge in [-0.3, -0.25) is 4.79 Å². The summed E-state index contributed by atoms with van der Waals surface area (Å²) in [4.78, 5) is 15.2. The van der Waals surface area contributed by atoms with Gasteiger partial charge in [-0.15, -0.1) is 10.2 Å². The standard InChI is InChI=1S/C19H26N6OS/c1-5-14-6-8-15(9-7-14)16(24(3)4)12-20-17(26)10-11-18-23-25-13(2)21-22-19(25)27-18/h6-9,16H,5,10-12H2,1-4H3,(H,20,26). The highest BCUT2D eigenvalue weighted by molar-refractivity contribution is 7.16. The zero-order chi connectivity index (χ0) is 19.4. The van der Waals surface area contributed by atoms with E-state index < -0.39 is 0 Å². The second-order valence-corrected chi connectivity index (χ2v) is 7.86. The van der Waals surface area contributed by atoms with E-state index in [9.17, 15) is 4.79 Å². The Kier molecular flexibility index (Phi) is 6.18. The maximum absolute atomic E-state index is 12.3. The predicted molar refractivity (Wildman–Crippen MR) is 107 cm³/mol. The van der Waals surface area contributed by atoms with Crippen LogP contribution in [0.2, 0.25) is 0 Å². The van der Waals surface area contributed by atoms with Crippen LogP contribution < -0.4 is 5.32 Å². The van der Waals surface area contributed by atoms with Gasteiger partial charge in [0.25, 0.3) is 0 Å². The maximum atomic E-state index is 12.3. The van der Waals surface area contributed by atoms with Gasteiger partial charge in [-0.2, -0.15) is 9.61 Å². The van der Waals surface area contributed by atoms with Crippen LogP contribution in [-0.4, -0.2) is 51.3 Å². The quantitative estimate of drug-likeness (QED) is 0.643. The Morgan fingerprint density at radius 1 is 1.26 bits per heavy atom. The molecule has 27 heavy (non-hydrogen) atoms. The van der Waals surface area contributed by atoms with Crippen LogP contribution in [0.25, 0.3) is 4.96 Å². The van der Waals surface area contributed by atoms with Crippen molar-refractivity contribution in [1.82, 2.24) is 30.0 Å². The average Bonchev–Trinajstić information content (AvgIpc) is 3.22. The number of aromatic nitrogens is 4. The number of rotatable bonds is 8. The Hall–Kier alpha value is -2.32. The maximum Gasteiger partial charge on any atom is 0.234 e. The summed E-state index contributed by atoms with van der Waals surface area (Å²) >= 11 is 1.48. The Morgan fingerprint density at radius 2 is 2.00 bits per heavy atom. The molecule has 1 aromatic carbocycles. The fourth-order valence-corrected chi connectivity index (χ4v) is 3.83. The van der Waals surface area contributed by atoms with Crippen molar-refractivity contribution in [3.63, 3.8) is 0 Å². The number of hydrogen-bond donors (Lipinski definition) is 1. The van der Waals surface area contributed by atoms with Crippen LogP contribution in [0.4, 0.5) is 0 Å². The summed E-state index contributed by atoms with van der Waals surface area (Å²) in [6, 6.07) is 8.76. The van der Waals surface area contributed by atoms with Crippen LogP contribution >= 0.6 is 11.3 Å². The largest absolute Gasteiger partial charge is 0.354 e. The highest BCUT2D eigenvalue weighted by atomic mass is 32.1. The summed E-state index contributed by atoms with van der Waals surface area (Å²) in [6.07, 6.45) is 2.05. The summed E-state index contributed by atoms with van der Waals surface area (Å²) in [5, 5.41) is 16.4. The second-order valence-electron chi connectivity index (χ2n) is 6.82. The molecular weight excluding hydrogens is 360 g/mol. The number of carbonyl (C=O) groups is 1. The average molecular weight is 387 g/mol. The molecule has 0 saturated carbocycles. The van der Waals surface area contributed by atoms with E-state index in [1.165, 1.54) is 22.5 Å². The molecule has 3 aromatic rings. The number of nitrogens with zero attached hydrogens (tertiary/aromatic N) is 5. The van der Waals surface area contributed by atoms with Gasteiger partial charge >= 0.3 is 0 Å². The molecule has 0 aliphatic rings. The molecule has 2 aromatic heterocycles. The Labute approximate surface area is 163 Å². The van der Waals surface area contributed by atoms with Gasteiger partial charge < -0.3 is 10.2 Å². The van der Waals surface area contributed by atoms with Crippen LogP contribution in [0.15, 0.2) is 24.3 Å². The minimum absolute atomic E-state index is 0.0368. The van der Waals surface area contributed by atoms with E-state index in [4.69, 9.17) is 0 Å². The van der Waals surface area contributed by atoms with Gasteiger partial charge in [0, 0.05) is 19.4 Å². The first kappa shape index (κ1) is 19.4. The third-order valence-electron chi connectivity index (χ3n) is 4.64. The second kappa shape index (κ2) is 8.58. The lowest BCUT2D eigenvalue weighted by molar-refractivity contribution is -0.121. The number of benzene rings is 1. The van der Waals surface area contributed by atoms with Gasteiger partial charge in [0.05, 0.1) is 6.04 Å². The smallest absolute Gasteiger partial charge is 0.234 e. The van der Waals surface area contributed by atoms with E-state index in [-0.39, 0.29) is 11.9 Å². The van der Waals surface area contributed by atoms with Crippen LogP contribution in [0.3, 0.4) is 0 Å². The van der Waals surface area contributed by atoms with Crippen LogP contribution in [0, 0.1) is 6.92 Å². The van der Waals surface area contributed by atoms with Gasteiger partial charge in [0.15, 0.2) is 5.82 Å². The van der Waals surface area contributed by atoms with Gasteiger partial charge in [-0.25, -0.2) is 0 Å². The number of fused-ring (bicyclic) bond motifs is 1. The SMILES string of the molecule is CCc1ccc(C(CNC(=O)CCc2nn3c(C)nnc3s2)N(C)C)cc1. The Balaban J connectivity index is 1.53. The molecule has 144 valence electrons. The van der Waals surface area contributed by atoms with Crippen LogP contribution in [-0.2, 0) is 17.6 Å². The lowest BCUT2D eigenvalue weighted by Gasteiger charge is -2.25. The number of aryl methyl sites for hydroxylation is 3. The van der Waals surface area contributed by atoms with E-state index >= 15 is 0 Å². The fourth-order valence-electron chi connectivity index (χ4n) is 2.95. The summed E-state index contributed by atoms with van der Waals surface area (Å²) in [7, 11) is 4.07. The molecule has 1 N–H and O–H groups in total. The van der Waals surface area contributed by atoms with Crippen molar-refractivity contribution < 1.29 is 4.79 Å². The van der Waals surface area contributed by atoms with Crippen molar-refractivity contribution in [2.75, 3.05) is 20.6 Å². The lowest BCUT2D eigenvalue weighted by Crippen LogP contribution is -2.34. The van der Waals surface area contributed by atoms with E-state index in [1.54, 1.807) is 4.52 Å². The molecule has 0 aliphatic heterocycles. The minimum atomic E-state index is 0.0368. The third-order valence-corrected chi connectivity index (χ3v) is 5.60. The van der Waals surface area contributed by atoms with Crippen molar-refractivity contribution in [3.8, 4) is 0 Å². The molecule has 0 bridgehead atoms. The first-order chi connectivity index (χ1) is 13.0. The molecule has 2 heterocycles. The number of hydrogen-bond acceptors (Lipinski definition) is 6. The van der Waals surface area contributed by atoms with Gasteiger partial charge in [-0.05, 0) is 38.6 Å². The highest BCUT2D eigenvalue weighted by Crippen LogP contribution is 2.19. The molecule has 3 rings (SSSR count). The van der Waals surface area contributed by atoms with Gasteiger partial charge in [0.1, 0.15) is 5.01 Å². The normalized spacial score (nSPS) is 12.6. The highest BCUT2D eigenvalue weighted by Gasteiger charge is 2.16. The minimum Gasteiger partial charge on any atom is -0.354 e. The van der Waals surface area contributed by atoms with Gasteiger partial charge in [-0.1, -0.05) is 42.5 Å². The van der Waals surface area contributed by atoms with E-state index in [0.29, 0.717) is 19.4 Å². The number of amides is 1. The molecule has 1 amide bonds. The molecule has 1 unspecified atom stereocenters. The molecular formula is C19H26N6OS. The molecule has 0 fully saturated rings. The molecule has 0 aliphatic carbocycles. The lowest BCUT2D eigenvalue weighted by atomic mass is 10.0. The monoisotopic (exact) mass is 386 g/mol. The van der Waals surface area contributed by atoms with Crippen molar-refractivity contribution in [2.24, 2.45) is 0 Å². The Bertz CT molecular complexity index is 899. The molecule has 0 spiro atoms. The van der Waals surface area contributed by atoms with Crippen LogP contribution in [0.1, 0.15) is 41.3 Å². The molecule has 1 atom stereocenters. The van der Waals surface area contributed by atoms with Crippen molar-refractivity contribution in [3.05, 3.63) is 46.2 Å². The van der Waals surface area contributed by atoms with E-state index in [1.807, 2.05) is 21.0 Å². The number of carbonyl (C=O) groups excluding carboxylic acids is 1. The zero-order valence-corrected chi connectivity index (χ0v) is 17.1. The summed E-state index contributed by atoms with van der Waals surface area (Å²) in [5.41, 5.74) is 2.53. The molecule has 0 radical (unpaired) electrons. The molecule has 8 heteroatoms. The molecule has 0 saturated heterocycles. The van der Waals surface area contributed by atoms with E-state index in [0.717, 1.165) is 22.2 Å². The summed E-state index contributed by atoms with van der Waals surface area (Å²) in [5.74, 6) is 0.801. The molecule has 7 nitrogen and oxygen atoms in total. The Morgan fingerprint density at radius 3 is 2.63 bits per heavy atom. The van der Waals surface area contributed by atoms with Crippen LogP contribution in [0.5, 0.6) is 0 Å². The third kappa shape index (κ3) is 4.70. The number of likely N-dealkylation sites (N-methyl/N-ethyl adjacent to an activating group) is 1. The van der Waals surface area contributed by atoms with Crippen molar-refractivity contribution in [2.45, 2.75) is 39.2 Å². The zero-order valence-electron chi connectivity index (χ0n) is 16.3. The first-order valence-electron chi connectivity index (χ1n) is 9.17. The number of nitrogens with one attached hydrogen (secondary N) is 1. The van der Waals surface area contributed by atoms with Crippen molar-refractivity contribution in [1.29, 1.82) is 0 Å². The predicted octanol–water partition coefficient (Wildman–Crippen LogP) is 2.41. The van der Waals surface area contributed by atoms with Gasteiger partial charge in [0.2, 0.25) is 10.9 Å². The van der Waals surface area contributed by atoms with E-state index in [2.05, 4.69) is 56.7 Å².